The van der Waals surface area contributed by atoms with Gasteiger partial charge in [0, 0.05) is 6.54 Å². The number of thiophene rings is 1. The summed E-state index contributed by atoms with van der Waals surface area (Å²) in [6.07, 6.45) is 1.26. The molecule has 0 unspecified atom stereocenters. The predicted molar refractivity (Wildman–Crippen MR) is 109 cm³/mol. The van der Waals surface area contributed by atoms with Crippen molar-refractivity contribution in [2.75, 3.05) is 18.5 Å². The third-order valence-electron chi connectivity index (χ3n) is 3.87. The van der Waals surface area contributed by atoms with Gasteiger partial charge in [0.2, 0.25) is 0 Å². The molecule has 0 saturated carbocycles. The molecule has 2 heterocycles. The predicted octanol–water partition coefficient (Wildman–Crippen LogP) is 2.11. The number of amides is 2. The lowest BCUT2D eigenvalue weighted by Crippen LogP contribution is -2.27. The monoisotopic (exact) mass is 423 g/mol. The zero-order chi connectivity index (χ0) is 21.3. The van der Waals surface area contributed by atoms with Crippen molar-refractivity contribution in [3.05, 3.63) is 64.5 Å². The van der Waals surface area contributed by atoms with Crippen LogP contribution < -0.4 is 10.6 Å². The second kappa shape index (κ2) is 9.99. The molecule has 0 aliphatic heterocycles. The smallest absolute Gasteiger partial charge is 0.308 e. The third kappa shape index (κ3) is 5.30. The maximum absolute atomic E-state index is 12.2. The SMILES string of the molecule is N#Cc1cnn(-c2ccccc2)c1NC(=O)COC(=O)CCNC(=O)c1cccs1. The van der Waals surface area contributed by atoms with Crippen LogP contribution in [0.2, 0.25) is 0 Å². The molecule has 2 aromatic heterocycles. The fourth-order valence-electron chi connectivity index (χ4n) is 2.47. The first kappa shape index (κ1) is 20.8. The second-order valence-corrected chi connectivity index (χ2v) is 6.91. The number of hydrogen-bond acceptors (Lipinski definition) is 7. The number of nitrogens with zero attached hydrogens (tertiary/aromatic N) is 3. The normalized spacial score (nSPS) is 10.1. The van der Waals surface area contributed by atoms with Crippen LogP contribution in [-0.4, -0.2) is 40.7 Å². The molecule has 30 heavy (non-hydrogen) atoms. The Kier molecular flexibility index (Phi) is 6.91. The van der Waals surface area contributed by atoms with Gasteiger partial charge in [0.1, 0.15) is 11.6 Å². The maximum atomic E-state index is 12.2. The molecule has 10 heteroatoms. The highest BCUT2D eigenvalue weighted by Crippen LogP contribution is 2.19. The van der Waals surface area contributed by atoms with Crippen molar-refractivity contribution in [3.8, 4) is 11.8 Å². The Morgan fingerprint density at radius 1 is 1.17 bits per heavy atom. The minimum atomic E-state index is -0.631. The summed E-state index contributed by atoms with van der Waals surface area (Å²) < 4.78 is 6.35. The van der Waals surface area contributed by atoms with Gasteiger partial charge < -0.3 is 15.4 Å². The number of aromatic nitrogens is 2. The van der Waals surface area contributed by atoms with Gasteiger partial charge in [0.15, 0.2) is 12.4 Å². The van der Waals surface area contributed by atoms with Crippen molar-refractivity contribution in [1.82, 2.24) is 15.1 Å². The summed E-state index contributed by atoms with van der Waals surface area (Å²) in [6.45, 7) is -0.431. The first-order valence-electron chi connectivity index (χ1n) is 8.89. The van der Waals surface area contributed by atoms with Gasteiger partial charge in [-0.25, -0.2) is 4.68 Å². The zero-order valence-corrected chi connectivity index (χ0v) is 16.5. The summed E-state index contributed by atoms with van der Waals surface area (Å²) in [5.74, 6) is -1.32. The highest BCUT2D eigenvalue weighted by atomic mass is 32.1. The number of nitrogens with one attached hydrogen (secondary N) is 2. The van der Waals surface area contributed by atoms with Crippen LogP contribution in [0.25, 0.3) is 5.69 Å². The number of benzene rings is 1. The van der Waals surface area contributed by atoms with Crippen LogP contribution in [-0.2, 0) is 14.3 Å². The van der Waals surface area contributed by atoms with Crippen molar-refractivity contribution >= 4 is 34.9 Å². The van der Waals surface area contributed by atoms with Gasteiger partial charge in [-0.2, -0.15) is 10.4 Å². The van der Waals surface area contributed by atoms with Crippen molar-refractivity contribution in [2.24, 2.45) is 0 Å². The van der Waals surface area contributed by atoms with Crippen LogP contribution in [0, 0.1) is 11.3 Å². The minimum Gasteiger partial charge on any atom is -0.456 e. The van der Waals surface area contributed by atoms with Gasteiger partial charge in [-0.15, -0.1) is 11.3 Å². The van der Waals surface area contributed by atoms with Gasteiger partial charge >= 0.3 is 5.97 Å². The number of esters is 1. The molecule has 0 radical (unpaired) electrons. The summed E-state index contributed by atoms with van der Waals surface area (Å²) in [5, 5.41) is 20.3. The summed E-state index contributed by atoms with van der Waals surface area (Å²) in [6, 6.07) is 14.4. The highest BCUT2D eigenvalue weighted by molar-refractivity contribution is 7.12. The van der Waals surface area contributed by atoms with Crippen LogP contribution in [0.15, 0.2) is 54.0 Å². The van der Waals surface area contributed by atoms with Crippen LogP contribution in [0.3, 0.4) is 0 Å². The zero-order valence-electron chi connectivity index (χ0n) is 15.7. The van der Waals surface area contributed by atoms with E-state index >= 15 is 0 Å². The quantitative estimate of drug-likeness (QED) is 0.535. The number of rotatable bonds is 8. The topological polar surface area (TPSA) is 126 Å². The van der Waals surface area contributed by atoms with E-state index in [1.54, 1.807) is 41.8 Å². The van der Waals surface area contributed by atoms with Gasteiger partial charge in [0.25, 0.3) is 11.8 Å². The minimum absolute atomic E-state index is 0.0736. The standard InChI is InChI=1S/C20H17N5O4S/c21-11-14-12-23-25(15-5-2-1-3-6-15)19(14)24-17(26)13-29-18(27)8-9-22-20(28)16-7-4-10-30-16/h1-7,10,12H,8-9,13H2,(H,22,28)(H,24,26). The lowest BCUT2D eigenvalue weighted by Gasteiger charge is -2.10. The summed E-state index contributed by atoms with van der Waals surface area (Å²) in [5.41, 5.74) is 0.836. The van der Waals surface area contributed by atoms with E-state index in [9.17, 15) is 19.6 Å². The highest BCUT2D eigenvalue weighted by Gasteiger charge is 2.16. The van der Waals surface area contributed by atoms with Gasteiger partial charge in [-0.1, -0.05) is 24.3 Å². The number of para-hydroxylation sites is 1. The molecular weight excluding hydrogens is 406 g/mol. The number of carbonyl (C=O) groups excluding carboxylic acids is 3. The Morgan fingerprint density at radius 2 is 1.97 bits per heavy atom. The third-order valence-corrected chi connectivity index (χ3v) is 4.74. The van der Waals surface area contributed by atoms with Crippen molar-refractivity contribution in [1.29, 1.82) is 5.26 Å². The molecule has 2 N–H and O–H groups in total. The number of nitriles is 1. The van der Waals surface area contributed by atoms with Gasteiger partial charge in [-0.3, -0.25) is 14.4 Å². The molecule has 0 saturated heterocycles. The van der Waals surface area contributed by atoms with Crippen molar-refractivity contribution in [3.63, 3.8) is 0 Å². The molecule has 3 rings (SSSR count). The Bertz CT molecular complexity index is 1070. The number of anilines is 1. The van der Waals surface area contributed by atoms with Crippen LogP contribution in [0.5, 0.6) is 0 Å². The number of ether oxygens (including phenoxy) is 1. The average molecular weight is 423 g/mol. The molecule has 152 valence electrons. The second-order valence-electron chi connectivity index (χ2n) is 5.96. The fourth-order valence-corrected chi connectivity index (χ4v) is 3.11. The van der Waals surface area contributed by atoms with Crippen molar-refractivity contribution in [2.45, 2.75) is 6.42 Å². The molecular formula is C20H17N5O4S. The van der Waals surface area contributed by atoms with Crippen LogP contribution in [0.4, 0.5) is 5.82 Å². The van der Waals surface area contributed by atoms with E-state index in [1.165, 1.54) is 22.2 Å². The van der Waals surface area contributed by atoms with Crippen molar-refractivity contribution < 1.29 is 19.1 Å². The van der Waals surface area contributed by atoms with E-state index < -0.39 is 18.5 Å². The Balaban J connectivity index is 1.49. The largest absolute Gasteiger partial charge is 0.456 e. The molecule has 0 spiro atoms. The van der Waals surface area contributed by atoms with E-state index in [-0.39, 0.29) is 30.3 Å². The fraction of sp³-hybridized carbons (Fsp3) is 0.150. The molecule has 1 aromatic carbocycles. The molecule has 0 fully saturated rings. The Hall–Kier alpha value is -3.97. The lowest BCUT2D eigenvalue weighted by molar-refractivity contribution is -0.147. The first-order valence-corrected chi connectivity index (χ1v) is 9.77. The van der Waals surface area contributed by atoms with E-state index in [1.807, 2.05) is 12.1 Å². The maximum Gasteiger partial charge on any atom is 0.308 e. The Labute approximate surface area is 175 Å². The summed E-state index contributed by atoms with van der Waals surface area (Å²) >= 11 is 1.30. The Morgan fingerprint density at radius 3 is 2.67 bits per heavy atom. The van der Waals surface area contributed by atoms with E-state index in [4.69, 9.17) is 4.74 Å². The summed E-state index contributed by atoms with van der Waals surface area (Å²) in [7, 11) is 0. The van der Waals surface area contributed by atoms with Gasteiger partial charge in [-0.05, 0) is 23.6 Å². The molecule has 0 bridgehead atoms. The average Bonchev–Trinajstić information content (AvgIpc) is 3.43. The number of carbonyl (C=O) groups is 3. The van der Waals surface area contributed by atoms with E-state index in [2.05, 4.69) is 15.7 Å². The molecule has 0 atom stereocenters. The van der Waals surface area contributed by atoms with Gasteiger partial charge in [0.05, 0.1) is 23.2 Å². The summed E-state index contributed by atoms with van der Waals surface area (Å²) in [4.78, 5) is 36.3. The number of hydrogen-bond donors (Lipinski definition) is 2. The molecule has 0 aliphatic rings. The van der Waals surface area contributed by atoms with Crippen LogP contribution >= 0.6 is 11.3 Å². The molecule has 9 nitrogen and oxygen atoms in total. The van der Waals surface area contributed by atoms with Crippen LogP contribution in [0.1, 0.15) is 21.7 Å². The van der Waals surface area contributed by atoms with E-state index in [0.717, 1.165) is 0 Å². The first-order chi connectivity index (χ1) is 14.6. The van der Waals surface area contributed by atoms with E-state index in [0.29, 0.717) is 10.6 Å². The molecule has 3 aromatic rings. The lowest BCUT2D eigenvalue weighted by atomic mass is 10.3. The molecule has 2 amide bonds. The molecule has 0 aliphatic carbocycles.